The van der Waals surface area contributed by atoms with Crippen LogP contribution in [0.1, 0.15) is 11.1 Å². The maximum atomic E-state index is 12.0. The highest BCUT2D eigenvalue weighted by molar-refractivity contribution is 8.16. The highest BCUT2D eigenvalue weighted by atomic mass is 32.2. The number of benzene rings is 2. The quantitative estimate of drug-likeness (QED) is 0.841. The molecule has 1 atom stereocenters. The minimum Gasteiger partial charge on any atom is -0.254 e. The molecule has 0 amide bonds. The molecule has 0 heterocycles. The Hall–Kier alpha value is -1.32. The lowest BCUT2D eigenvalue weighted by Crippen LogP contribution is -1.96. The zero-order valence-corrected chi connectivity index (χ0v) is 12.6. The van der Waals surface area contributed by atoms with Crippen LogP contribution in [0.5, 0.6) is 0 Å². The van der Waals surface area contributed by atoms with Gasteiger partial charge in [0, 0.05) is 11.8 Å². The number of hydrogen-bond donors (Lipinski definition) is 0. The molecule has 0 N–H and O–H groups in total. The summed E-state index contributed by atoms with van der Waals surface area (Å²) >= 11 is 1.56. The predicted octanol–water partition coefficient (Wildman–Crippen LogP) is 4.15. The lowest BCUT2D eigenvalue weighted by atomic mass is 10.00. The van der Waals surface area contributed by atoms with Crippen LogP contribution in [0.15, 0.2) is 64.9 Å². The first-order valence-electron chi connectivity index (χ1n) is 5.96. The Labute approximate surface area is 121 Å². The zero-order valence-electron chi connectivity index (χ0n) is 11.0. The molecule has 3 heteroatoms. The lowest BCUT2D eigenvalue weighted by Gasteiger charge is -2.13. The first-order chi connectivity index (χ1) is 9.24. The van der Waals surface area contributed by atoms with Crippen molar-refractivity contribution in [2.75, 3.05) is 12.5 Å². The van der Waals surface area contributed by atoms with Gasteiger partial charge in [-0.15, -0.1) is 11.8 Å². The van der Waals surface area contributed by atoms with Crippen molar-refractivity contribution in [3.8, 4) is 0 Å². The minimum absolute atomic E-state index is 0.914. The third-order valence-electron chi connectivity index (χ3n) is 2.78. The molecule has 2 aromatic carbocycles. The van der Waals surface area contributed by atoms with E-state index in [-0.39, 0.29) is 0 Å². The predicted molar refractivity (Wildman–Crippen MR) is 86.5 cm³/mol. The molecule has 2 rings (SSSR count). The van der Waals surface area contributed by atoms with E-state index >= 15 is 0 Å². The van der Waals surface area contributed by atoms with E-state index in [1.165, 1.54) is 0 Å². The summed E-state index contributed by atoms with van der Waals surface area (Å²) in [6, 6.07) is 20.3. The van der Waals surface area contributed by atoms with Gasteiger partial charge in [-0.1, -0.05) is 60.7 Å². The van der Waals surface area contributed by atoms with Crippen LogP contribution in [-0.4, -0.2) is 16.7 Å². The molecule has 0 aromatic heterocycles. The van der Waals surface area contributed by atoms with Crippen molar-refractivity contribution < 1.29 is 4.21 Å². The molecule has 0 bridgehead atoms. The topological polar surface area (TPSA) is 17.1 Å². The van der Waals surface area contributed by atoms with Crippen LogP contribution in [0.4, 0.5) is 0 Å². The molecule has 0 aliphatic heterocycles. The van der Waals surface area contributed by atoms with Crippen molar-refractivity contribution in [2.45, 2.75) is 0 Å². The summed E-state index contributed by atoms with van der Waals surface area (Å²) < 4.78 is 12.9. The van der Waals surface area contributed by atoms with Gasteiger partial charge in [0.15, 0.2) is 0 Å². The summed E-state index contributed by atoms with van der Waals surface area (Å²) in [6.07, 6.45) is 3.71. The Morgan fingerprint density at radius 2 is 1.32 bits per heavy atom. The van der Waals surface area contributed by atoms with Crippen LogP contribution in [0.2, 0.25) is 0 Å². The van der Waals surface area contributed by atoms with Crippen molar-refractivity contribution >= 4 is 28.1 Å². The first kappa shape index (κ1) is 14.1. The summed E-state index contributed by atoms with van der Waals surface area (Å²) in [5.41, 5.74) is 3.27. The SMILES string of the molecule is CSC(=C(c1ccccc1)c1ccccc1)S(C)=O. The first-order valence-corrected chi connectivity index (χ1v) is 8.75. The highest BCUT2D eigenvalue weighted by Gasteiger charge is 2.13. The fourth-order valence-electron chi connectivity index (χ4n) is 1.98. The molecule has 0 aliphatic rings. The standard InChI is InChI=1S/C16H16OS2/c1-18-16(19(2)17)15(13-9-5-3-6-10-13)14-11-7-4-8-12-14/h3-12H,1-2H3. The summed E-state index contributed by atoms with van der Waals surface area (Å²) in [5, 5.41) is 0. The van der Waals surface area contributed by atoms with E-state index in [0.717, 1.165) is 20.9 Å². The second kappa shape index (κ2) is 6.73. The smallest absolute Gasteiger partial charge is 0.0795 e. The van der Waals surface area contributed by atoms with Crippen LogP contribution < -0.4 is 0 Å². The average molecular weight is 288 g/mol. The largest absolute Gasteiger partial charge is 0.254 e. The maximum Gasteiger partial charge on any atom is 0.0795 e. The monoisotopic (exact) mass is 288 g/mol. The van der Waals surface area contributed by atoms with E-state index in [2.05, 4.69) is 24.3 Å². The van der Waals surface area contributed by atoms with E-state index in [1.54, 1.807) is 18.0 Å². The van der Waals surface area contributed by atoms with Gasteiger partial charge < -0.3 is 0 Å². The van der Waals surface area contributed by atoms with Crippen molar-refractivity contribution in [3.63, 3.8) is 0 Å². The van der Waals surface area contributed by atoms with Gasteiger partial charge in [0.1, 0.15) is 0 Å². The van der Waals surface area contributed by atoms with E-state index < -0.39 is 10.8 Å². The van der Waals surface area contributed by atoms with Crippen molar-refractivity contribution in [1.82, 2.24) is 0 Å². The number of hydrogen-bond acceptors (Lipinski definition) is 2. The zero-order chi connectivity index (χ0) is 13.7. The van der Waals surface area contributed by atoms with Gasteiger partial charge in [-0.05, 0) is 17.4 Å². The number of thioether (sulfide) groups is 1. The molecule has 1 nitrogen and oxygen atoms in total. The van der Waals surface area contributed by atoms with Crippen LogP contribution in [0.3, 0.4) is 0 Å². The molecule has 19 heavy (non-hydrogen) atoms. The average Bonchev–Trinajstić information content (AvgIpc) is 2.46. The Bertz CT molecular complexity index is 547. The Balaban J connectivity index is 2.68. The van der Waals surface area contributed by atoms with Gasteiger partial charge in [0.25, 0.3) is 0 Å². The Kier molecular flexibility index (Phi) is 5.00. The molecule has 0 saturated carbocycles. The van der Waals surface area contributed by atoms with E-state index in [1.807, 2.05) is 42.7 Å². The fourth-order valence-corrected chi connectivity index (χ4v) is 3.88. The van der Waals surface area contributed by atoms with Crippen LogP contribution in [-0.2, 0) is 10.8 Å². The maximum absolute atomic E-state index is 12.0. The molecule has 98 valence electrons. The van der Waals surface area contributed by atoms with Crippen LogP contribution >= 0.6 is 11.8 Å². The summed E-state index contributed by atoms with van der Waals surface area (Å²) in [5.74, 6) is 0. The Morgan fingerprint density at radius 3 is 1.63 bits per heavy atom. The highest BCUT2D eigenvalue weighted by Crippen LogP contribution is 2.32. The van der Waals surface area contributed by atoms with Crippen molar-refractivity contribution in [2.24, 2.45) is 0 Å². The molecule has 1 unspecified atom stereocenters. The van der Waals surface area contributed by atoms with Gasteiger partial charge in [-0.2, -0.15) is 0 Å². The summed E-state index contributed by atoms with van der Waals surface area (Å²) in [6.45, 7) is 0. The molecule has 0 fully saturated rings. The molecule has 0 aliphatic carbocycles. The van der Waals surface area contributed by atoms with Gasteiger partial charge in [0.2, 0.25) is 0 Å². The normalized spacial score (nSPS) is 11.9. The lowest BCUT2D eigenvalue weighted by molar-refractivity contribution is 0.691. The van der Waals surface area contributed by atoms with Gasteiger partial charge >= 0.3 is 0 Å². The molecule has 2 aromatic rings. The van der Waals surface area contributed by atoms with Crippen LogP contribution in [0, 0.1) is 0 Å². The molecular formula is C16H16OS2. The molecule has 0 spiro atoms. The summed E-state index contributed by atoms with van der Waals surface area (Å²) in [4.78, 5) is 0. The van der Waals surface area contributed by atoms with Crippen molar-refractivity contribution in [3.05, 3.63) is 76.0 Å². The molecular weight excluding hydrogens is 272 g/mol. The third-order valence-corrected chi connectivity index (χ3v) is 5.28. The van der Waals surface area contributed by atoms with E-state index in [9.17, 15) is 4.21 Å². The van der Waals surface area contributed by atoms with Gasteiger partial charge in [-0.25, -0.2) is 0 Å². The van der Waals surface area contributed by atoms with Crippen molar-refractivity contribution in [1.29, 1.82) is 0 Å². The second-order valence-electron chi connectivity index (χ2n) is 4.05. The van der Waals surface area contributed by atoms with E-state index in [4.69, 9.17) is 0 Å². The minimum atomic E-state index is -0.992. The third kappa shape index (κ3) is 3.37. The molecule has 0 saturated heterocycles. The second-order valence-corrected chi connectivity index (χ2v) is 6.44. The van der Waals surface area contributed by atoms with Gasteiger partial charge in [0.05, 0.1) is 15.0 Å². The molecule has 0 radical (unpaired) electrons. The summed E-state index contributed by atoms with van der Waals surface area (Å²) in [7, 11) is -0.992. The van der Waals surface area contributed by atoms with Crippen LogP contribution in [0.25, 0.3) is 5.57 Å². The van der Waals surface area contributed by atoms with Gasteiger partial charge in [-0.3, -0.25) is 4.21 Å². The number of rotatable bonds is 4. The van der Waals surface area contributed by atoms with E-state index in [0.29, 0.717) is 0 Å². The Morgan fingerprint density at radius 1 is 0.895 bits per heavy atom. The fraction of sp³-hybridized carbons (Fsp3) is 0.125.